The molecule has 1 aromatic carbocycles. The molecular formula is C13H11ClO2. The smallest absolute Gasteiger partial charge is 0.252 e. The highest BCUT2D eigenvalue weighted by Gasteiger charge is 2.01. The monoisotopic (exact) mass is 234 g/mol. The minimum Gasteiger partial charge on any atom is -0.458 e. The van der Waals surface area contributed by atoms with Gasteiger partial charge >= 0.3 is 0 Å². The first-order chi connectivity index (χ1) is 7.63. The molecule has 1 rings (SSSR count). The van der Waals surface area contributed by atoms with Gasteiger partial charge in [0.25, 0.3) is 5.24 Å². The molecule has 0 bridgehead atoms. The molecule has 0 saturated heterocycles. The third-order valence-corrected chi connectivity index (χ3v) is 1.97. The number of hydrogen-bond acceptors (Lipinski definition) is 2. The van der Waals surface area contributed by atoms with E-state index < -0.39 is 5.24 Å². The van der Waals surface area contributed by atoms with Crippen LogP contribution in [0.5, 0.6) is 5.75 Å². The molecule has 0 atom stereocenters. The molecule has 0 aliphatic carbocycles. The average molecular weight is 235 g/mol. The lowest BCUT2D eigenvalue weighted by Gasteiger charge is -2.04. The fourth-order valence-electron chi connectivity index (χ4n) is 1.01. The molecule has 16 heavy (non-hydrogen) atoms. The predicted molar refractivity (Wildman–Crippen MR) is 65.7 cm³/mol. The van der Waals surface area contributed by atoms with Crippen LogP contribution in [0.3, 0.4) is 0 Å². The van der Waals surface area contributed by atoms with E-state index in [4.69, 9.17) is 16.3 Å². The molecule has 1 aromatic rings. The largest absolute Gasteiger partial charge is 0.458 e. The number of hydrogen-bond donors (Lipinski definition) is 0. The third kappa shape index (κ3) is 3.75. The summed E-state index contributed by atoms with van der Waals surface area (Å²) in [6, 6.07) is 6.50. The number of halogens is 1. The average Bonchev–Trinajstić information content (AvgIpc) is 2.27. The van der Waals surface area contributed by atoms with Crippen LogP contribution in [-0.2, 0) is 0 Å². The van der Waals surface area contributed by atoms with E-state index in [-0.39, 0.29) is 0 Å². The first-order valence-electron chi connectivity index (χ1n) is 4.59. The Balaban J connectivity index is 2.68. The van der Waals surface area contributed by atoms with Gasteiger partial charge in [0.2, 0.25) is 0 Å². The van der Waals surface area contributed by atoms with Gasteiger partial charge in [-0.2, -0.15) is 0 Å². The maximum absolute atomic E-state index is 10.8. The molecule has 3 heteroatoms. The highest BCUT2D eigenvalue weighted by Crippen LogP contribution is 2.16. The van der Waals surface area contributed by atoms with E-state index in [2.05, 4.69) is 13.2 Å². The fraction of sp³-hybridized carbons (Fsp3) is 0. The molecule has 0 unspecified atom stereocenters. The second-order valence-corrected chi connectivity index (χ2v) is 3.30. The Hall–Kier alpha value is -1.80. The van der Waals surface area contributed by atoms with Crippen molar-refractivity contribution < 1.29 is 9.53 Å². The normalized spacial score (nSPS) is 10.1. The van der Waals surface area contributed by atoms with E-state index in [0.29, 0.717) is 17.1 Å². The summed E-state index contributed by atoms with van der Waals surface area (Å²) < 4.78 is 5.37. The van der Waals surface area contributed by atoms with E-state index in [9.17, 15) is 4.79 Å². The molecule has 0 saturated carbocycles. The maximum atomic E-state index is 10.8. The molecule has 0 aliphatic heterocycles. The lowest BCUT2D eigenvalue weighted by molar-refractivity contribution is 0.108. The van der Waals surface area contributed by atoms with Crippen LogP contribution in [0.4, 0.5) is 0 Å². The van der Waals surface area contributed by atoms with Crippen molar-refractivity contribution >= 4 is 16.8 Å². The summed E-state index contributed by atoms with van der Waals surface area (Å²) >= 11 is 5.31. The Morgan fingerprint density at radius 2 is 1.94 bits per heavy atom. The second kappa shape index (κ2) is 5.93. The SMILES string of the molecule is C=C/C=C\C(=C)Oc1ccc(C(=O)Cl)cc1. The summed E-state index contributed by atoms with van der Waals surface area (Å²) in [5.74, 6) is 1.09. The molecule has 0 aliphatic rings. The topological polar surface area (TPSA) is 26.3 Å². The van der Waals surface area contributed by atoms with Crippen molar-refractivity contribution in [1.29, 1.82) is 0 Å². The van der Waals surface area contributed by atoms with Crippen molar-refractivity contribution in [3.8, 4) is 5.75 Å². The third-order valence-electron chi connectivity index (χ3n) is 1.75. The van der Waals surface area contributed by atoms with Gasteiger partial charge in [-0.15, -0.1) is 0 Å². The van der Waals surface area contributed by atoms with E-state index in [1.807, 2.05) is 0 Å². The number of carbonyl (C=O) groups is 1. The van der Waals surface area contributed by atoms with Gasteiger partial charge in [-0.25, -0.2) is 0 Å². The van der Waals surface area contributed by atoms with Crippen molar-refractivity contribution in [2.24, 2.45) is 0 Å². The number of carbonyl (C=O) groups excluding carboxylic acids is 1. The summed E-state index contributed by atoms with van der Waals surface area (Å²) in [6.45, 7) is 7.23. The van der Waals surface area contributed by atoms with Gasteiger partial charge in [0, 0.05) is 5.56 Å². The van der Waals surface area contributed by atoms with Crippen molar-refractivity contribution in [2.75, 3.05) is 0 Å². The van der Waals surface area contributed by atoms with Gasteiger partial charge in [-0.1, -0.05) is 25.3 Å². The van der Waals surface area contributed by atoms with Crippen LogP contribution in [0.1, 0.15) is 10.4 Å². The van der Waals surface area contributed by atoms with Gasteiger partial charge in [0.1, 0.15) is 11.5 Å². The minimum atomic E-state index is -0.489. The summed E-state index contributed by atoms with van der Waals surface area (Å²) in [4.78, 5) is 10.8. The molecule has 0 amide bonds. The van der Waals surface area contributed by atoms with E-state index in [0.717, 1.165) is 0 Å². The fourth-order valence-corrected chi connectivity index (χ4v) is 1.14. The zero-order chi connectivity index (χ0) is 12.0. The van der Waals surface area contributed by atoms with Crippen LogP contribution < -0.4 is 4.74 Å². The van der Waals surface area contributed by atoms with E-state index in [1.165, 1.54) is 0 Å². The summed E-state index contributed by atoms with van der Waals surface area (Å²) in [6.07, 6.45) is 5.04. The molecule has 0 heterocycles. The second-order valence-electron chi connectivity index (χ2n) is 2.96. The molecule has 0 radical (unpaired) electrons. The van der Waals surface area contributed by atoms with Gasteiger partial charge < -0.3 is 4.74 Å². The Morgan fingerprint density at radius 3 is 2.44 bits per heavy atom. The molecule has 0 N–H and O–H groups in total. The lowest BCUT2D eigenvalue weighted by atomic mass is 10.2. The molecule has 0 spiro atoms. The Kier molecular flexibility index (Phi) is 4.55. The van der Waals surface area contributed by atoms with Crippen LogP contribution in [0.25, 0.3) is 0 Å². The maximum Gasteiger partial charge on any atom is 0.252 e. The van der Waals surface area contributed by atoms with Crippen LogP contribution in [0.2, 0.25) is 0 Å². The van der Waals surface area contributed by atoms with Crippen molar-refractivity contribution in [3.05, 3.63) is 67.0 Å². The first kappa shape index (κ1) is 12.3. The lowest BCUT2D eigenvalue weighted by Crippen LogP contribution is -1.92. The Labute approximate surface area is 99.5 Å². The number of allylic oxidation sites excluding steroid dienone is 3. The summed E-state index contributed by atoms with van der Waals surface area (Å²) in [7, 11) is 0. The summed E-state index contributed by atoms with van der Waals surface area (Å²) in [5, 5.41) is -0.489. The zero-order valence-electron chi connectivity index (χ0n) is 8.65. The first-order valence-corrected chi connectivity index (χ1v) is 4.97. The Bertz CT molecular complexity index is 430. The van der Waals surface area contributed by atoms with Crippen LogP contribution in [0, 0.1) is 0 Å². The van der Waals surface area contributed by atoms with Gasteiger partial charge in [-0.05, 0) is 41.9 Å². The van der Waals surface area contributed by atoms with Crippen molar-refractivity contribution in [1.82, 2.24) is 0 Å². The van der Waals surface area contributed by atoms with Crippen molar-refractivity contribution in [3.63, 3.8) is 0 Å². The molecule has 2 nitrogen and oxygen atoms in total. The minimum absolute atomic E-state index is 0.432. The molecule has 0 fully saturated rings. The van der Waals surface area contributed by atoms with Gasteiger partial charge in [0.15, 0.2) is 0 Å². The van der Waals surface area contributed by atoms with E-state index in [1.54, 1.807) is 42.5 Å². The van der Waals surface area contributed by atoms with Crippen LogP contribution in [0.15, 0.2) is 61.4 Å². The zero-order valence-corrected chi connectivity index (χ0v) is 9.41. The van der Waals surface area contributed by atoms with Crippen LogP contribution >= 0.6 is 11.6 Å². The number of rotatable bonds is 5. The predicted octanol–water partition coefficient (Wildman–Crippen LogP) is 3.70. The Morgan fingerprint density at radius 1 is 1.31 bits per heavy atom. The number of ether oxygens (including phenoxy) is 1. The summed E-state index contributed by atoms with van der Waals surface area (Å²) in [5.41, 5.74) is 0.432. The highest BCUT2D eigenvalue weighted by atomic mass is 35.5. The molecule has 0 aromatic heterocycles. The number of benzene rings is 1. The van der Waals surface area contributed by atoms with Gasteiger partial charge in [-0.3, -0.25) is 4.79 Å². The van der Waals surface area contributed by atoms with Gasteiger partial charge in [0.05, 0.1) is 0 Å². The van der Waals surface area contributed by atoms with E-state index >= 15 is 0 Å². The van der Waals surface area contributed by atoms with Crippen molar-refractivity contribution in [2.45, 2.75) is 0 Å². The quantitative estimate of drug-likeness (QED) is 0.441. The van der Waals surface area contributed by atoms with Crippen LogP contribution in [-0.4, -0.2) is 5.24 Å². The highest BCUT2D eigenvalue weighted by molar-refractivity contribution is 6.67. The standard InChI is InChI=1S/C13H11ClO2/c1-3-4-5-10(2)16-12-8-6-11(7-9-12)13(14)15/h3-9H,1-2H2/b5-4-. The molecule has 82 valence electrons. The molecular weight excluding hydrogens is 224 g/mol.